The zero-order valence-corrected chi connectivity index (χ0v) is 22.1. The Labute approximate surface area is 201 Å². The predicted octanol–water partition coefficient (Wildman–Crippen LogP) is 7.15. The second-order valence-electron chi connectivity index (χ2n) is 14.5. The van der Waals surface area contributed by atoms with Gasteiger partial charge in [0.15, 0.2) is 0 Å². The van der Waals surface area contributed by atoms with E-state index in [1.165, 1.54) is 12.8 Å². The summed E-state index contributed by atoms with van der Waals surface area (Å²) < 4.78 is 0. The van der Waals surface area contributed by atoms with Crippen LogP contribution in [-0.2, 0) is 4.79 Å². The molecule has 184 valence electrons. The molecule has 0 saturated heterocycles. The Balaban J connectivity index is 1.60. The fourth-order valence-electron chi connectivity index (χ4n) is 9.79. The number of rotatable bonds is 1. The second-order valence-corrected chi connectivity index (χ2v) is 14.5. The minimum absolute atomic E-state index is 0.0741. The van der Waals surface area contributed by atoms with Gasteiger partial charge in [-0.1, -0.05) is 53.7 Å². The molecule has 0 bridgehead atoms. The van der Waals surface area contributed by atoms with Crippen LogP contribution in [0, 0.1) is 44.3 Å². The number of carboxylic acid groups (broad SMARTS) is 1. The highest BCUT2D eigenvalue weighted by Crippen LogP contribution is 2.74. The summed E-state index contributed by atoms with van der Waals surface area (Å²) in [6.07, 6.45) is 14.0. The van der Waals surface area contributed by atoms with Crippen molar-refractivity contribution in [1.29, 1.82) is 0 Å². The van der Waals surface area contributed by atoms with Gasteiger partial charge in [0.25, 0.3) is 0 Å². The molecule has 5 aliphatic rings. The molecule has 8 unspecified atom stereocenters. The normalized spacial score (nSPS) is 52.9. The van der Waals surface area contributed by atoms with E-state index in [4.69, 9.17) is 0 Å². The molecule has 5 aliphatic carbocycles. The molecule has 0 aromatic carbocycles. The van der Waals surface area contributed by atoms with Crippen molar-refractivity contribution in [3.63, 3.8) is 0 Å². The van der Waals surface area contributed by atoms with Gasteiger partial charge in [-0.3, -0.25) is 4.79 Å². The molecule has 0 amide bonds. The van der Waals surface area contributed by atoms with Gasteiger partial charge in [0.2, 0.25) is 0 Å². The maximum atomic E-state index is 12.3. The van der Waals surface area contributed by atoms with Crippen LogP contribution in [0.2, 0.25) is 0 Å². The lowest BCUT2D eigenvalue weighted by atomic mass is 9.35. The summed E-state index contributed by atoms with van der Waals surface area (Å²) in [4.78, 5) is 12.3. The summed E-state index contributed by atoms with van der Waals surface area (Å²) in [5.74, 6) is 0.283. The molecule has 0 aromatic heterocycles. The predicted molar refractivity (Wildman–Crippen MR) is 133 cm³/mol. The number of hydrogen-bond acceptors (Lipinski definition) is 2. The van der Waals surface area contributed by atoms with Gasteiger partial charge in [-0.25, -0.2) is 0 Å². The maximum absolute atomic E-state index is 12.3. The van der Waals surface area contributed by atoms with Crippen molar-refractivity contribution in [2.75, 3.05) is 0 Å². The summed E-state index contributed by atoms with van der Waals surface area (Å²) in [7, 11) is 0. The molecule has 2 N–H and O–H groups in total. The van der Waals surface area contributed by atoms with Crippen LogP contribution in [0.5, 0.6) is 0 Å². The molecule has 0 aliphatic heterocycles. The van der Waals surface area contributed by atoms with Crippen LogP contribution in [-0.4, -0.2) is 22.3 Å². The van der Waals surface area contributed by atoms with E-state index in [1.807, 2.05) is 6.92 Å². The monoisotopic (exact) mass is 454 g/mol. The van der Waals surface area contributed by atoms with Crippen LogP contribution in [0.15, 0.2) is 23.3 Å². The van der Waals surface area contributed by atoms with E-state index < -0.39 is 11.4 Å². The van der Waals surface area contributed by atoms with E-state index in [0.29, 0.717) is 11.8 Å². The first-order chi connectivity index (χ1) is 15.1. The Bertz CT molecular complexity index is 944. The van der Waals surface area contributed by atoms with Gasteiger partial charge < -0.3 is 10.2 Å². The molecule has 8 atom stereocenters. The number of carbonyl (C=O) groups is 1. The minimum Gasteiger partial charge on any atom is -0.481 e. The van der Waals surface area contributed by atoms with E-state index in [-0.39, 0.29) is 33.2 Å². The highest BCUT2D eigenvalue weighted by molar-refractivity contribution is 5.74. The third-order valence-corrected chi connectivity index (χ3v) is 12.7. The minimum atomic E-state index is -0.609. The molecular weight excluding hydrogens is 408 g/mol. The molecule has 0 heterocycles. The number of hydrogen-bond donors (Lipinski definition) is 2. The lowest BCUT2D eigenvalue weighted by Crippen LogP contribution is -2.61. The van der Waals surface area contributed by atoms with Crippen LogP contribution in [0.4, 0.5) is 0 Å². The van der Waals surface area contributed by atoms with E-state index in [9.17, 15) is 15.0 Å². The van der Waals surface area contributed by atoms with Crippen molar-refractivity contribution < 1.29 is 15.0 Å². The molecule has 3 nitrogen and oxygen atoms in total. The number of aliphatic carboxylic acids is 1. The van der Waals surface area contributed by atoms with E-state index in [1.54, 1.807) is 11.1 Å². The number of aliphatic hydroxyl groups excluding tert-OH is 1. The van der Waals surface area contributed by atoms with Gasteiger partial charge in [-0.2, -0.15) is 0 Å². The molecule has 5 rings (SSSR count). The molecule has 3 fully saturated rings. The number of carboxylic acids is 1. The SMILES string of the molecule is CC1(C(=O)O)CCC2(C)CCC3(C)C4=CCC5C(C)(CCC(O)C5(C)C)C4=CCC3(C)C2C1. The van der Waals surface area contributed by atoms with Gasteiger partial charge in [0.1, 0.15) is 0 Å². The van der Waals surface area contributed by atoms with Crippen LogP contribution in [0.25, 0.3) is 0 Å². The van der Waals surface area contributed by atoms with Crippen LogP contribution < -0.4 is 0 Å². The summed E-state index contributed by atoms with van der Waals surface area (Å²) in [5, 5.41) is 20.9. The van der Waals surface area contributed by atoms with Crippen molar-refractivity contribution >= 4 is 5.97 Å². The summed E-state index contributed by atoms with van der Waals surface area (Å²) in [5.41, 5.74) is 3.01. The average molecular weight is 455 g/mol. The lowest BCUT2D eigenvalue weighted by Gasteiger charge is -2.68. The smallest absolute Gasteiger partial charge is 0.309 e. The molecule has 0 radical (unpaired) electrons. The van der Waals surface area contributed by atoms with Crippen molar-refractivity contribution in [1.82, 2.24) is 0 Å². The Morgan fingerprint density at radius 2 is 1.55 bits per heavy atom. The quantitative estimate of drug-likeness (QED) is 0.442. The van der Waals surface area contributed by atoms with E-state index in [0.717, 1.165) is 44.9 Å². The van der Waals surface area contributed by atoms with Crippen molar-refractivity contribution in [2.45, 2.75) is 112 Å². The van der Waals surface area contributed by atoms with Crippen LogP contribution in [0.1, 0.15) is 106 Å². The molecular formula is C30H46O3. The van der Waals surface area contributed by atoms with Crippen LogP contribution >= 0.6 is 0 Å². The summed E-state index contributed by atoms with van der Waals surface area (Å²) in [6, 6.07) is 0. The summed E-state index contributed by atoms with van der Waals surface area (Å²) >= 11 is 0. The lowest BCUT2D eigenvalue weighted by molar-refractivity contribution is -0.171. The first-order valence-electron chi connectivity index (χ1n) is 13.5. The molecule has 3 heteroatoms. The highest BCUT2D eigenvalue weighted by Gasteiger charge is 2.66. The molecule has 33 heavy (non-hydrogen) atoms. The van der Waals surface area contributed by atoms with Crippen molar-refractivity contribution in [3.8, 4) is 0 Å². The third-order valence-electron chi connectivity index (χ3n) is 12.7. The van der Waals surface area contributed by atoms with Crippen molar-refractivity contribution in [3.05, 3.63) is 23.3 Å². The Morgan fingerprint density at radius 1 is 0.879 bits per heavy atom. The number of fused-ring (bicyclic) bond motifs is 7. The summed E-state index contributed by atoms with van der Waals surface area (Å²) in [6.45, 7) is 16.5. The zero-order valence-electron chi connectivity index (χ0n) is 22.1. The van der Waals surface area contributed by atoms with Crippen molar-refractivity contribution in [2.24, 2.45) is 44.3 Å². The molecule has 3 saturated carbocycles. The van der Waals surface area contributed by atoms with E-state index in [2.05, 4.69) is 53.7 Å². The number of aliphatic hydroxyl groups is 1. The number of allylic oxidation sites excluding steroid dienone is 4. The molecule has 0 spiro atoms. The Kier molecular flexibility index (Phi) is 4.85. The third kappa shape index (κ3) is 2.81. The topological polar surface area (TPSA) is 57.5 Å². The average Bonchev–Trinajstić information content (AvgIpc) is 2.74. The van der Waals surface area contributed by atoms with Gasteiger partial charge in [-0.15, -0.1) is 0 Å². The second kappa shape index (κ2) is 6.77. The van der Waals surface area contributed by atoms with E-state index >= 15 is 0 Å². The largest absolute Gasteiger partial charge is 0.481 e. The fourth-order valence-corrected chi connectivity index (χ4v) is 9.79. The van der Waals surface area contributed by atoms with Gasteiger partial charge in [-0.05, 0) is 115 Å². The maximum Gasteiger partial charge on any atom is 0.309 e. The standard InChI is InChI=1S/C30H46O3/c1-25(2)21-9-8-20-19(28(21,5)12-11-23(25)31)10-13-30(7)22-18-27(4,24(32)33)15-14-26(22,3)16-17-29(20,30)6/h8,10,21-23,31H,9,11-18H2,1-7H3,(H,32,33). The van der Waals surface area contributed by atoms with Gasteiger partial charge >= 0.3 is 5.97 Å². The Morgan fingerprint density at radius 3 is 2.21 bits per heavy atom. The van der Waals surface area contributed by atoms with Crippen LogP contribution in [0.3, 0.4) is 0 Å². The first-order valence-corrected chi connectivity index (χ1v) is 13.5. The zero-order chi connectivity index (χ0) is 24.2. The highest BCUT2D eigenvalue weighted by atomic mass is 16.4. The molecule has 0 aromatic rings. The Hall–Kier alpha value is -1.09. The van der Waals surface area contributed by atoms with Gasteiger partial charge in [0.05, 0.1) is 11.5 Å². The first kappa shape index (κ1) is 23.6. The van der Waals surface area contributed by atoms with Gasteiger partial charge in [0, 0.05) is 0 Å². The fraction of sp³-hybridized carbons (Fsp3) is 0.833.